The first kappa shape index (κ1) is 52.8. The van der Waals surface area contributed by atoms with Crippen molar-refractivity contribution in [3.05, 3.63) is 91.0 Å². The van der Waals surface area contributed by atoms with Crippen LogP contribution in [0, 0.1) is 0 Å². The van der Waals surface area contributed by atoms with E-state index in [0.29, 0.717) is 17.4 Å². The Kier molecular flexibility index (Phi) is 16.6. The lowest BCUT2D eigenvalue weighted by molar-refractivity contribution is -0.434. The highest BCUT2D eigenvalue weighted by atomic mass is 32.2. The Labute approximate surface area is 403 Å². The summed E-state index contributed by atoms with van der Waals surface area (Å²) in [6, 6.07) is 18.0. The molecule has 0 bridgehead atoms. The summed E-state index contributed by atoms with van der Waals surface area (Å²) in [5, 5.41) is 50.2. The minimum atomic E-state index is -5.24. The summed E-state index contributed by atoms with van der Waals surface area (Å²) >= 11 is 0.269. The molecule has 0 fully saturated rings. The number of anilines is 6. The Hall–Kier alpha value is -6.55. The van der Waals surface area contributed by atoms with E-state index in [1.807, 2.05) is 0 Å². The third-order valence-electron chi connectivity index (χ3n) is 8.95. The zero-order valence-electron chi connectivity index (χ0n) is 34.5. The van der Waals surface area contributed by atoms with Crippen LogP contribution in [0.15, 0.2) is 136 Å². The van der Waals surface area contributed by atoms with Crippen molar-refractivity contribution in [2.45, 2.75) is 24.5 Å². The standard InChI is InChI=1S/C35H33N11O18S6/c36-29-12-11-25(35(38)39-29)43-40-19-1-3-21(4-2-19)46-68(52,53)22-7-5-20(6-8-22)41-45-33-28(70(57,58)59)16-18-15-26(65-63-61-48)32(31(37)30(18)34(33)47)44-42-24-10-9-23(17-27(24)69(54,55)56)67(50,51)14-13-60-66-64-62-49/h1-12,15-17,40,43,46-49H,13-14,37H2,(H4,36,38,39)(H,54,55,56)(H,57,58,59). The first-order valence-electron chi connectivity index (χ1n) is 18.5. The summed E-state index contributed by atoms with van der Waals surface area (Å²) in [6.45, 7) is -0.543. The van der Waals surface area contributed by atoms with E-state index in [-0.39, 0.29) is 62.6 Å². The van der Waals surface area contributed by atoms with Crippen molar-refractivity contribution < 1.29 is 81.3 Å². The van der Waals surface area contributed by atoms with Crippen LogP contribution in [0.2, 0.25) is 0 Å². The van der Waals surface area contributed by atoms with Crippen molar-refractivity contribution >= 4 is 132 Å². The van der Waals surface area contributed by atoms with Crippen LogP contribution < -0.4 is 32.8 Å². The number of fused-ring (bicyclic) bond motifs is 1. The third kappa shape index (κ3) is 13.0. The average Bonchev–Trinajstić information content (AvgIpc) is 3.29. The highest BCUT2D eigenvalue weighted by molar-refractivity contribution is 7.94. The van der Waals surface area contributed by atoms with E-state index in [1.165, 1.54) is 24.3 Å². The van der Waals surface area contributed by atoms with E-state index >= 15 is 0 Å². The molecule has 0 radical (unpaired) electrons. The number of aromatic nitrogens is 1. The number of hydrogen-bond donors (Lipinski definition) is 11. The summed E-state index contributed by atoms with van der Waals surface area (Å²) in [4.78, 5) is 0.731. The van der Waals surface area contributed by atoms with Crippen LogP contribution in [0.4, 0.5) is 57.1 Å². The number of hydrogen-bond acceptors (Lipinski definition) is 28. The molecule has 0 amide bonds. The molecule has 14 N–H and O–H groups in total. The maximum Gasteiger partial charge on any atom is 0.296 e. The predicted molar refractivity (Wildman–Crippen MR) is 249 cm³/mol. The van der Waals surface area contributed by atoms with E-state index in [9.17, 15) is 47.9 Å². The molecule has 35 heteroatoms. The zero-order chi connectivity index (χ0) is 51.0. The number of pyridine rings is 1. The molecule has 372 valence electrons. The number of hydrazine groups is 1. The van der Waals surface area contributed by atoms with Crippen molar-refractivity contribution in [2.24, 2.45) is 20.5 Å². The molecule has 1 heterocycles. The molecular formula is C35H33N11O18S6. The van der Waals surface area contributed by atoms with Gasteiger partial charge in [0, 0.05) is 5.69 Å². The topological polar surface area (TPSA) is 460 Å². The number of phenolic OH excluding ortho intramolecular Hbond substituents is 1. The number of nitrogen functional groups attached to an aromatic ring is 3. The SMILES string of the molecule is Nc1ccc(NNc2ccc(NS(=O)(=O)c3ccc(N=Nc4c(S(=O)(=O)O)cc5cc(SOOO)c(N=Nc6ccc(S(=O)(=O)CCOSOOO)cc6S(=O)(=O)O)c(N)c5c4O)cc3)cc2)c(N)n1. The fourth-order valence-corrected chi connectivity index (χ4v) is 10.2. The largest absolute Gasteiger partial charge is 0.505 e. The summed E-state index contributed by atoms with van der Waals surface area (Å²) in [5.74, 6) is -1.40. The van der Waals surface area contributed by atoms with Gasteiger partial charge in [0.1, 0.15) is 32.7 Å². The van der Waals surface area contributed by atoms with E-state index in [2.05, 4.69) is 59.8 Å². The molecule has 0 aliphatic carbocycles. The number of sulfonamides is 1. The van der Waals surface area contributed by atoms with Crippen molar-refractivity contribution in [1.82, 2.24) is 4.98 Å². The van der Waals surface area contributed by atoms with Crippen LogP contribution in [0.25, 0.3) is 10.8 Å². The van der Waals surface area contributed by atoms with Crippen molar-refractivity contribution in [3.8, 4) is 5.75 Å². The van der Waals surface area contributed by atoms with Gasteiger partial charge in [0.05, 0.1) is 67.2 Å². The number of phenols is 1. The first-order chi connectivity index (χ1) is 33.0. The van der Waals surface area contributed by atoms with Crippen LogP contribution >= 0.6 is 24.4 Å². The third-order valence-corrected chi connectivity index (χ3v) is 14.8. The maximum absolute atomic E-state index is 13.2. The molecule has 0 saturated carbocycles. The molecule has 1 aromatic heterocycles. The Morgan fingerprint density at radius 3 is 1.96 bits per heavy atom. The molecule has 6 aromatic rings. The van der Waals surface area contributed by atoms with Gasteiger partial charge in [0.2, 0.25) is 0 Å². The van der Waals surface area contributed by atoms with Gasteiger partial charge < -0.3 is 27.7 Å². The molecule has 0 unspecified atom stereocenters. The van der Waals surface area contributed by atoms with Gasteiger partial charge >= 0.3 is 0 Å². The number of nitrogens with one attached hydrogen (secondary N) is 3. The Balaban J connectivity index is 1.29. The van der Waals surface area contributed by atoms with Crippen LogP contribution in [-0.2, 0) is 63.0 Å². The van der Waals surface area contributed by atoms with Gasteiger partial charge in [0.15, 0.2) is 33.7 Å². The number of azo groups is 2. The van der Waals surface area contributed by atoms with Gasteiger partial charge in [-0.25, -0.2) is 32.3 Å². The van der Waals surface area contributed by atoms with Crippen molar-refractivity contribution in [3.63, 3.8) is 0 Å². The number of nitrogens with zero attached hydrogens (tertiary/aromatic N) is 5. The second kappa shape index (κ2) is 22.0. The fraction of sp³-hybridized carbons (Fsp3) is 0.0571. The minimum Gasteiger partial charge on any atom is -0.505 e. The van der Waals surface area contributed by atoms with Gasteiger partial charge in [-0.3, -0.25) is 23.4 Å². The summed E-state index contributed by atoms with van der Waals surface area (Å²) < 4.78 is 138. The number of benzene rings is 5. The monoisotopic (exact) mass is 1090 g/mol. The van der Waals surface area contributed by atoms with Crippen LogP contribution in [-0.4, -0.2) is 75.7 Å². The van der Waals surface area contributed by atoms with E-state index in [4.69, 9.17) is 31.9 Å². The number of sulfone groups is 1. The highest BCUT2D eigenvalue weighted by Gasteiger charge is 2.27. The number of rotatable bonds is 22. The molecule has 6 rings (SSSR count). The molecular weight excluding hydrogens is 1050 g/mol. The molecule has 0 aliphatic heterocycles. The number of aromatic hydroxyl groups is 1. The van der Waals surface area contributed by atoms with Gasteiger partial charge in [-0.1, -0.05) is 10.1 Å². The molecule has 0 aliphatic rings. The second-order valence-corrected chi connectivity index (χ2v) is 21.3. The lowest BCUT2D eigenvalue weighted by atomic mass is 10.1. The smallest absolute Gasteiger partial charge is 0.296 e. The first-order valence-corrected chi connectivity index (χ1v) is 25.9. The predicted octanol–water partition coefficient (Wildman–Crippen LogP) is 6.45. The lowest BCUT2D eigenvalue weighted by Gasteiger charge is -2.14. The fourth-order valence-electron chi connectivity index (χ4n) is 5.80. The van der Waals surface area contributed by atoms with Gasteiger partial charge in [-0.05, 0) is 96.4 Å². The average molecular weight is 1090 g/mol. The van der Waals surface area contributed by atoms with Gasteiger partial charge in [-0.15, -0.1) is 24.0 Å². The second-order valence-electron chi connectivity index (χ2n) is 13.5. The van der Waals surface area contributed by atoms with Crippen LogP contribution in [0.1, 0.15) is 0 Å². The highest BCUT2D eigenvalue weighted by Crippen LogP contribution is 2.49. The van der Waals surface area contributed by atoms with E-state index in [0.717, 1.165) is 36.4 Å². The Bertz CT molecular complexity index is 3450. The molecule has 29 nitrogen and oxygen atoms in total. The summed E-state index contributed by atoms with van der Waals surface area (Å²) in [5.41, 5.74) is 22.0. The molecule has 0 spiro atoms. The Morgan fingerprint density at radius 2 is 1.31 bits per heavy atom. The molecule has 0 atom stereocenters. The normalized spacial score (nSPS) is 12.5. The van der Waals surface area contributed by atoms with Gasteiger partial charge in [-0.2, -0.15) is 21.9 Å². The van der Waals surface area contributed by atoms with E-state index in [1.54, 1.807) is 24.3 Å². The quantitative estimate of drug-likeness (QED) is 0.00661. The molecule has 0 saturated heterocycles. The van der Waals surface area contributed by atoms with Crippen LogP contribution in [0.3, 0.4) is 0 Å². The maximum atomic E-state index is 13.2. The number of nitrogens with two attached hydrogens (primary N) is 3. The summed E-state index contributed by atoms with van der Waals surface area (Å²) in [7, 11) is -19.0. The van der Waals surface area contributed by atoms with Crippen LogP contribution in [0.5, 0.6) is 5.75 Å². The Morgan fingerprint density at radius 1 is 0.671 bits per heavy atom. The molecule has 5 aromatic carbocycles. The summed E-state index contributed by atoms with van der Waals surface area (Å²) in [6.07, 6.45) is 0. The minimum absolute atomic E-state index is 0.0847. The lowest BCUT2D eigenvalue weighted by Crippen LogP contribution is -2.13. The van der Waals surface area contributed by atoms with Crippen molar-refractivity contribution in [1.29, 1.82) is 0 Å². The van der Waals surface area contributed by atoms with Gasteiger partial charge in [0.25, 0.3) is 30.3 Å². The van der Waals surface area contributed by atoms with E-state index < -0.39 is 101 Å². The zero-order valence-corrected chi connectivity index (χ0v) is 39.4. The van der Waals surface area contributed by atoms with Crippen molar-refractivity contribution in [2.75, 3.05) is 45.1 Å². The molecule has 70 heavy (non-hydrogen) atoms.